The highest BCUT2D eigenvalue weighted by molar-refractivity contribution is 6.35. The van der Waals surface area contributed by atoms with Crippen molar-refractivity contribution in [2.45, 2.75) is 19.9 Å². The van der Waals surface area contributed by atoms with Crippen molar-refractivity contribution in [3.63, 3.8) is 0 Å². The zero-order chi connectivity index (χ0) is 23.8. The summed E-state index contributed by atoms with van der Waals surface area (Å²) in [5.41, 5.74) is 6.26. The molecule has 4 aromatic carbocycles. The third-order valence-electron chi connectivity index (χ3n) is 6.18. The zero-order valence-electron chi connectivity index (χ0n) is 19.2. The van der Waals surface area contributed by atoms with Gasteiger partial charge < -0.3 is 4.74 Å². The SMILES string of the molecule is COc1ccc2cc(-c3cn([C@@H](C)c4ccc(C)cc4)nc3-c3cc(Cl)cc(Cl)c3)ccc2c1. The van der Waals surface area contributed by atoms with E-state index in [2.05, 4.69) is 68.6 Å². The highest BCUT2D eigenvalue weighted by atomic mass is 35.5. The van der Waals surface area contributed by atoms with Crippen molar-refractivity contribution < 1.29 is 4.74 Å². The maximum absolute atomic E-state index is 6.35. The van der Waals surface area contributed by atoms with E-state index in [1.807, 2.05) is 28.9 Å². The van der Waals surface area contributed by atoms with E-state index in [1.165, 1.54) is 11.1 Å². The molecule has 3 nitrogen and oxygen atoms in total. The highest BCUT2D eigenvalue weighted by Gasteiger charge is 2.18. The standard InChI is InChI=1S/C29H24Cl2N2O/c1-18-4-6-20(7-5-18)19(2)33-17-28(29(32-33)24-13-25(30)16-26(31)14-24)23-9-8-22-15-27(34-3)11-10-21(22)12-23/h4-17,19H,1-3H3/t19-/m0/s1. The summed E-state index contributed by atoms with van der Waals surface area (Å²) in [6.45, 7) is 4.25. The smallest absolute Gasteiger partial charge is 0.119 e. The van der Waals surface area contributed by atoms with Crippen LogP contribution in [0.25, 0.3) is 33.2 Å². The Labute approximate surface area is 209 Å². The first kappa shape index (κ1) is 22.5. The monoisotopic (exact) mass is 486 g/mol. The van der Waals surface area contributed by atoms with Crippen molar-refractivity contribution in [3.05, 3.63) is 106 Å². The number of ether oxygens (including phenoxy) is 1. The van der Waals surface area contributed by atoms with Crippen LogP contribution in [0.5, 0.6) is 5.75 Å². The van der Waals surface area contributed by atoms with Gasteiger partial charge >= 0.3 is 0 Å². The number of benzene rings is 4. The van der Waals surface area contributed by atoms with E-state index in [9.17, 15) is 0 Å². The topological polar surface area (TPSA) is 27.1 Å². The minimum atomic E-state index is 0.0625. The maximum atomic E-state index is 6.35. The molecular weight excluding hydrogens is 463 g/mol. The fourth-order valence-electron chi connectivity index (χ4n) is 4.22. The average Bonchev–Trinajstić information content (AvgIpc) is 3.28. The number of fused-ring (bicyclic) bond motifs is 1. The van der Waals surface area contributed by atoms with Crippen LogP contribution in [0.15, 0.2) is 85.1 Å². The molecule has 0 aliphatic rings. The summed E-state index contributed by atoms with van der Waals surface area (Å²) in [5, 5.41) is 8.44. The van der Waals surface area contributed by atoms with Crippen LogP contribution in [0.1, 0.15) is 24.1 Å². The third-order valence-corrected chi connectivity index (χ3v) is 6.62. The average molecular weight is 487 g/mol. The molecule has 0 fully saturated rings. The first-order valence-electron chi connectivity index (χ1n) is 11.1. The second-order valence-electron chi connectivity index (χ2n) is 8.54. The molecule has 0 N–H and O–H groups in total. The van der Waals surface area contributed by atoms with Gasteiger partial charge in [0.15, 0.2) is 0 Å². The van der Waals surface area contributed by atoms with Crippen LogP contribution in [-0.2, 0) is 0 Å². The predicted octanol–water partition coefficient (Wildman–Crippen LogP) is 8.60. The third kappa shape index (κ3) is 4.42. The summed E-state index contributed by atoms with van der Waals surface area (Å²) in [6.07, 6.45) is 2.11. The van der Waals surface area contributed by atoms with Gasteiger partial charge in [0.2, 0.25) is 0 Å². The van der Waals surface area contributed by atoms with Crippen molar-refractivity contribution in [2.75, 3.05) is 7.11 Å². The molecule has 1 heterocycles. The molecule has 34 heavy (non-hydrogen) atoms. The fraction of sp³-hybridized carbons (Fsp3) is 0.138. The molecule has 5 aromatic rings. The Morgan fingerprint density at radius 1 is 0.794 bits per heavy atom. The van der Waals surface area contributed by atoms with Crippen LogP contribution >= 0.6 is 23.2 Å². The predicted molar refractivity (Wildman–Crippen MR) is 142 cm³/mol. The van der Waals surface area contributed by atoms with Gasteiger partial charge in [-0.05, 0) is 72.1 Å². The van der Waals surface area contributed by atoms with Crippen molar-refractivity contribution in [1.82, 2.24) is 9.78 Å². The molecule has 170 valence electrons. The zero-order valence-corrected chi connectivity index (χ0v) is 20.7. The lowest BCUT2D eigenvalue weighted by atomic mass is 9.99. The van der Waals surface area contributed by atoms with Gasteiger partial charge in [-0.3, -0.25) is 4.68 Å². The summed E-state index contributed by atoms with van der Waals surface area (Å²) >= 11 is 12.7. The van der Waals surface area contributed by atoms with Crippen LogP contribution in [-0.4, -0.2) is 16.9 Å². The molecule has 0 aliphatic heterocycles. The lowest BCUT2D eigenvalue weighted by Gasteiger charge is -2.13. The molecule has 0 aliphatic carbocycles. The van der Waals surface area contributed by atoms with E-state index in [4.69, 9.17) is 33.0 Å². The van der Waals surface area contributed by atoms with Gasteiger partial charge in [0.25, 0.3) is 0 Å². The molecule has 0 unspecified atom stereocenters. The number of hydrogen-bond donors (Lipinski definition) is 0. The molecule has 0 amide bonds. The van der Waals surface area contributed by atoms with Gasteiger partial charge in [-0.15, -0.1) is 0 Å². The van der Waals surface area contributed by atoms with Crippen LogP contribution in [0.4, 0.5) is 0 Å². The highest BCUT2D eigenvalue weighted by Crippen LogP contribution is 2.37. The van der Waals surface area contributed by atoms with E-state index in [0.29, 0.717) is 10.0 Å². The summed E-state index contributed by atoms with van der Waals surface area (Å²) in [5.74, 6) is 0.842. The van der Waals surface area contributed by atoms with Gasteiger partial charge in [-0.1, -0.05) is 71.2 Å². The van der Waals surface area contributed by atoms with Crippen molar-refractivity contribution in [3.8, 4) is 28.1 Å². The molecule has 5 rings (SSSR count). The largest absolute Gasteiger partial charge is 0.497 e. The Balaban J connectivity index is 1.67. The quantitative estimate of drug-likeness (QED) is 0.248. The van der Waals surface area contributed by atoms with E-state index in [-0.39, 0.29) is 6.04 Å². The molecule has 5 heteroatoms. The Hall–Kier alpha value is -3.27. The maximum Gasteiger partial charge on any atom is 0.119 e. The number of aryl methyl sites for hydroxylation is 1. The molecule has 0 radical (unpaired) electrons. The molecule has 1 atom stereocenters. The van der Waals surface area contributed by atoms with Crippen LogP contribution < -0.4 is 4.74 Å². The first-order chi connectivity index (χ1) is 16.4. The van der Waals surface area contributed by atoms with Gasteiger partial charge in [0, 0.05) is 27.4 Å². The van der Waals surface area contributed by atoms with Crippen molar-refractivity contribution in [2.24, 2.45) is 0 Å². The van der Waals surface area contributed by atoms with Gasteiger partial charge in [0.05, 0.1) is 13.2 Å². The number of nitrogens with zero attached hydrogens (tertiary/aromatic N) is 2. The second kappa shape index (κ2) is 9.17. The molecule has 1 aromatic heterocycles. The molecule has 0 saturated carbocycles. The van der Waals surface area contributed by atoms with Crippen LogP contribution in [0, 0.1) is 6.92 Å². The molecule has 0 spiro atoms. The van der Waals surface area contributed by atoms with E-state index in [0.717, 1.165) is 38.9 Å². The number of rotatable bonds is 5. The van der Waals surface area contributed by atoms with Gasteiger partial charge in [0.1, 0.15) is 11.4 Å². The Bertz CT molecular complexity index is 1470. The Kier molecular flexibility index (Phi) is 6.07. The number of aromatic nitrogens is 2. The fourth-order valence-corrected chi connectivity index (χ4v) is 4.75. The van der Waals surface area contributed by atoms with Crippen molar-refractivity contribution in [1.29, 1.82) is 0 Å². The summed E-state index contributed by atoms with van der Waals surface area (Å²) < 4.78 is 7.39. The van der Waals surface area contributed by atoms with Gasteiger partial charge in [-0.25, -0.2) is 0 Å². The number of halogens is 2. The van der Waals surface area contributed by atoms with Crippen LogP contribution in [0.2, 0.25) is 10.0 Å². The van der Waals surface area contributed by atoms with Crippen molar-refractivity contribution >= 4 is 34.0 Å². The lowest BCUT2D eigenvalue weighted by Crippen LogP contribution is -2.07. The number of hydrogen-bond acceptors (Lipinski definition) is 2. The normalized spacial score (nSPS) is 12.1. The Morgan fingerprint density at radius 3 is 2.18 bits per heavy atom. The van der Waals surface area contributed by atoms with E-state index in [1.54, 1.807) is 13.2 Å². The van der Waals surface area contributed by atoms with Crippen LogP contribution in [0.3, 0.4) is 0 Å². The summed E-state index contributed by atoms with van der Waals surface area (Å²) in [6, 6.07) is 26.7. The van der Waals surface area contributed by atoms with E-state index < -0.39 is 0 Å². The van der Waals surface area contributed by atoms with Gasteiger partial charge in [-0.2, -0.15) is 5.10 Å². The van der Waals surface area contributed by atoms with E-state index >= 15 is 0 Å². The molecule has 0 saturated heterocycles. The first-order valence-corrected chi connectivity index (χ1v) is 11.9. The minimum Gasteiger partial charge on any atom is -0.497 e. The minimum absolute atomic E-state index is 0.0625. The number of methoxy groups -OCH3 is 1. The lowest BCUT2D eigenvalue weighted by molar-refractivity contribution is 0.415. The summed E-state index contributed by atoms with van der Waals surface area (Å²) in [4.78, 5) is 0. The second-order valence-corrected chi connectivity index (χ2v) is 9.42. The molecular formula is C29H24Cl2N2O. The molecule has 0 bridgehead atoms. The summed E-state index contributed by atoms with van der Waals surface area (Å²) in [7, 11) is 1.68. The Morgan fingerprint density at radius 2 is 1.47 bits per heavy atom.